The van der Waals surface area contributed by atoms with Crippen LogP contribution in [-0.2, 0) is 9.53 Å². The molecule has 0 saturated carbocycles. The van der Waals surface area contributed by atoms with E-state index in [2.05, 4.69) is 0 Å². The lowest BCUT2D eigenvalue weighted by Crippen LogP contribution is -2.09. The molecule has 0 saturated heterocycles. The molecule has 0 amide bonds. The lowest BCUT2D eigenvalue weighted by atomic mass is 10.2. The highest BCUT2D eigenvalue weighted by Crippen LogP contribution is 2.31. The summed E-state index contributed by atoms with van der Waals surface area (Å²) in [6.07, 6.45) is 0.232. The van der Waals surface area contributed by atoms with Crippen LogP contribution in [0.5, 0.6) is 11.5 Å². The van der Waals surface area contributed by atoms with E-state index in [-0.39, 0.29) is 25.0 Å². The van der Waals surface area contributed by atoms with Crippen LogP contribution in [0, 0.1) is 0 Å². The molecule has 0 radical (unpaired) electrons. The van der Waals surface area contributed by atoms with Crippen LogP contribution in [0.2, 0.25) is 0 Å². The highest BCUT2D eigenvalue weighted by Gasteiger charge is 2.17. The van der Waals surface area contributed by atoms with Crippen molar-refractivity contribution < 1.29 is 28.9 Å². The molecule has 6 heteroatoms. The highest BCUT2D eigenvalue weighted by molar-refractivity contribution is 5.93. The van der Waals surface area contributed by atoms with Crippen LogP contribution in [0.4, 0.5) is 0 Å². The summed E-state index contributed by atoms with van der Waals surface area (Å²) in [7, 11) is 2.90. The standard InChI is InChI=1S/C13H16O6/c1-17-10-6-3-5-9(12(10)18-2)13(16)19-8-4-7-11(14)15/h3,5-6H,4,7-8H2,1-2H3,(H,14,15). The van der Waals surface area contributed by atoms with E-state index < -0.39 is 11.9 Å². The minimum absolute atomic E-state index is 0.0392. The Balaban J connectivity index is 2.68. The fourth-order valence-electron chi connectivity index (χ4n) is 1.51. The Morgan fingerprint density at radius 1 is 1.21 bits per heavy atom. The molecule has 1 rings (SSSR count). The van der Waals surface area contributed by atoms with Gasteiger partial charge in [-0.1, -0.05) is 6.07 Å². The predicted octanol–water partition coefficient (Wildman–Crippen LogP) is 1.73. The van der Waals surface area contributed by atoms with Gasteiger partial charge in [-0.3, -0.25) is 4.79 Å². The zero-order valence-corrected chi connectivity index (χ0v) is 10.8. The van der Waals surface area contributed by atoms with Crippen molar-refractivity contribution in [2.45, 2.75) is 12.8 Å². The van der Waals surface area contributed by atoms with Gasteiger partial charge in [0.25, 0.3) is 0 Å². The molecule has 104 valence electrons. The number of esters is 1. The van der Waals surface area contributed by atoms with E-state index in [1.54, 1.807) is 18.2 Å². The summed E-state index contributed by atoms with van der Waals surface area (Å²) in [5.74, 6) is -0.758. The number of benzene rings is 1. The topological polar surface area (TPSA) is 82.1 Å². The third kappa shape index (κ3) is 4.17. The molecule has 0 atom stereocenters. The number of hydrogen-bond acceptors (Lipinski definition) is 5. The number of hydrogen-bond donors (Lipinski definition) is 1. The summed E-state index contributed by atoms with van der Waals surface area (Å²) < 4.78 is 15.2. The number of carbonyl (C=O) groups is 2. The summed E-state index contributed by atoms with van der Waals surface area (Å²) in [5, 5.41) is 8.47. The maximum Gasteiger partial charge on any atom is 0.342 e. The van der Waals surface area contributed by atoms with E-state index in [1.165, 1.54) is 14.2 Å². The van der Waals surface area contributed by atoms with Gasteiger partial charge in [-0.05, 0) is 18.6 Å². The smallest absolute Gasteiger partial charge is 0.342 e. The van der Waals surface area contributed by atoms with E-state index in [1.807, 2.05) is 0 Å². The largest absolute Gasteiger partial charge is 0.493 e. The first-order valence-corrected chi connectivity index (χ1v) is 5.70. The summed E-state index contributed by atoms with van der Waals surface area (Å²) in [6, 6.07) is 4.87. The summed E-state index contributed by atoms with van der Waals surface area (Å²) in [6.45, 7) is 0.0471. The quantitative estimate of drug-likeness (QED) is 0.599. The minimum atomic E-state index is -0.921. The molecular weight excluding hydrogens is 252 g/mol. The molecule has 0 spiro atoms. The molecule has 0 aromatic heterocycles. The maximum absolute atomic E-state index is 11.8. The molecular formula is C13H16O6. The van der Waals surface area contributed by atoms with Gasteiger partial charge in [-0.25, -0.2) is 4.79 Å². The van der Waals surface area contributed by atoms with Crippen molar-refractivity contribution in [1.82, 2.24) is 0 Å². The van der Waals surface area contributed by atoms with E-state index in [0.29, 0.717) is 11.5 Å². The Labute approximate surface area is 110 Å². The SMILES string of the molecule is COc1cccc(C(=O)OCCCC(=O)O)c1OC. The third-order valence-corrected chi connectivity index (χ3v) is 2.39. The second kappa shape index (κ2) is 7.25. The van der Waals surface area contributed by atoms with Gasteiger partial charge >= 0.3 is 11.9 Å². The second-order valence-corrected chi connectivity index (χ2v) is 3.67. The average Bonchev–Trinajstić information content (AvgIpc) is 2.42. The number of ether oxygens (including phenoxy) is 3. The van der Waals surface area contributed by atoms with Crippen LogP contribution < -0.4 is 9.47 Å². The van der Waals surface area contributed by atoms with Gasteiger partial charge in [0.2, 0.25) is 0 Å². The van der Waals surface area contributed by atoms with Gasteiger partial charge in [-0.15, -0.1) is 0 Å². The second-order valence-electron chi connectivity index (χ2n) is 3.67. The van der Waals surface area contributed by atoms with Crippen LogP contribution in [0.25, 0.3) is 0 Å². The monoisotopic (exact) mass is 268 g/mol. The van der Waals surface area contributed by atoms with E-state index in [9.17, 15) is 9.59 Å². The Hall–Kier alpha value is -2.24. The van der Waals surface area contributed by atoms with Gasteiger partial charge in [0.15, 0.2) is 11.5 Å². The van der Waals surface area contributed by atoms with Crippen LogP contribution in [0.3, 0.4) is 0 Å². The van der Waals surface area contributed by atoms with Gasteiger partial charge < -0.3 is 19.3 Å². The number of carboxylic acid groups (broad SMARTS) is 1. The lowest BCUT2D eigenvalue weighted by Gasteiger charge is -2.11. The number of carboxylic acids is 1. The third-order valence-electron chi connectivity index (χ3n) is 2.39. The van der Waals surface area contributed by atoms with Gasteiger partial charge in [0.1, 0.15) is 5.56 Å². The number of methoxy groups -OCH3 is 2. The Kier molecular flexibility index (Phi) is 5.66. The normalized spacial score (nSPS) is 9.79. The number of para-hydroxylation sites is 1. The van der Waals surface area contributed by atoms with Crippen LogP contribution in [-0.4, -0.2) is 37.9 Å². The van der Waals surface area contributed by atoms with Crippen LogP contribution in [0.1, 0.15) is 23.2 Å². The Morgan fingerprint density at radius 3 is 2.53 bits per heavy atom. The Morgan fingerprint density at radius 2 is 1.95 bits per heavy atom. The molecule has 1 aromatic carbocycles. The van der Waals surface area contributed by atoms with Crippen molar-refractivity contribution in [2.75, 3.05) is 20.8 Å². The molecule has 0 unspecified atom stereocenters. The molecule has 1 N–H and O–H groups in total. The number of aliphatic carboxylic acids is 1. The first-order valence-electron chi connectivity index (χ1n) is 5.70. The molecule has 0 aliphatic rings. The molecule has 1 aromatic rings. The van der Waals surface area contributed by atoms with Crippen LogP contribution in [0.15, 0.2) is 18.2 Å². The van der Waals surface area contributed by atoms with Crippen molar-refractivity contribution >= 4 is 11.9 Å². The number of rotatable bonds is 7. The van der Waals surface area contributed by atoms with Crippen molar-refractivity contribution in [2.24, 2.45) is 0 Å². The van der Waals surface area contributed by atoms with Gasteiger partial charge in [-0.2, -0.15) is 0 Å². The van der Waals surface area contributed by atoms with Crippen molar-refractivity contribution in [3.8, 4) is 11.5 Å². The summed E-state index contributed by atoms with van der Waals surface area (Å²) in [4.78, 5) is 22.2. The molecule has 0 bridgehead atoms. The first-order chi connectivity index (χ1) is 9.10. The van der Waals surface area contributed by atoms with Gasteiger partial charge in [0.05, 0.1) is 20.8 Å². The van der Waals surface area contributed by atoms with Gasteiger partial charge in [0, 0.05) is 6.42 Å². The Bertz CT molecular complexity index is 454. The molecule has 0 fully saturated rings. The molecule has 0 heterocycles. The summed E-state index contributed by atoms with van der Waals surface area (Å²) in [5.41, 5.74) is 0.247. The minimum Gasteiger partial charge on any atom is -0.493 e. The maximum atomic E-state index is 11.8. The fraction of sp³-hybridized carbons (Fsp3) is 0.385. The fourth-order valence-corrected chi connectivity index (χ4v) is 1.51. The molecule has 0 aliphatic carbocycles. The lowest BCUT2D eigenvalue weighted by molar-refractivity contribution is -0.137. The molecule has 19 heavy (non-hydrogen) atoms. The average molecular weight is 268 g/mol. The zero-order valence-electron chi connectivity index (χ0n) is 10.8. The molecule has 6 nitrogen and oxygen atoms in total. The zero-order chi connectivity index (χ0) is 14.3. The van der Waals surface area contributed by atoms with Crippen LogP contribution >= 0.6 is 0 Å². The number of carbonyl (C=O) groups excluding carboxylic acids is 1. The first kappa shape index (κ1) is 14.8. The van der Waals surface area contributed by atoms with E-state index in [4.69, 9.17) is 19.3 Å². The predicted molar refractivity (Wildman–Crippen MR) is 66.7 cm³/mol. The van der Waals surface area contributed by atoms with Crippen molar-refractivity contribution in [1.29, 1.82) is 0 Å². The molecule has 0 aliphatic heterocycles. The van der Waals surface area contributed by atoms with E-state index in [0.717, 1.165) is 0 Å². The van der Waals surface area contributed by atoms with Crippen molar-refractivity contribution in [3.63, 3.8) is 0 Å². The van der Waals surface area contributed by atoms with Crippen molar-refractivity contribution in [3.05, 3.63) is 23.8 Å². The summed E-state index contributed by atoms with van der Waals surface area (Å²) >= 11 is 0. The highest BCUT2D eigenvalue weighted by atomic mass is 16.5. The van der Waals surface area contributed by atoms with E-state index >= 15 is 0 Å².